The van der Waals surface area contributed by atoms with Gasteiger partial charge in [-0.05, 0) is 27.8 Å². The molecule has 0 fully saturated rings. The molecule has 0 aliphatic carbocycles. The fourth-order valence-electron chi connectivity index (χ4n) is 0.344. The summed E-state index contributed by atoms with van der Waals surface area (Å²) >= 11 is 5.38. The van der Waals surface area contributed by atoms with Gasteiger partial charge < -0.3 is 0 Å². The Morgan fingerprint density at radius 3 is 1.78 bits per heavy atom. The van der Waals surface area contributed by atoms with Crippen molar-refractivity contribution in [3.05, 3.63) is 0 Å². The molecule has 0 bridgehead atoms. The predicted octanol–water partition coefficient (Wildman–Crippen LogP) is 4.44. The third-order valence-electron chi connectivity index (χ3n) is 0.737. The largest absolute Gasteiger partial charge is 0.127 e. The van der Waals surface area contributed by atoms with Gasteiger partial charge in [-0.2, -0.15) is 0 Å². The normalized spacial score (nSPS) is 8.00. The summed E-state index contributed by atoms with van der Waals surface area (Å²) in [5.41, 5.74) is 0. The highest BCUT2D eigenvalue weighted by Crippen LogP contribution is 2.08. The first-order valence-corrected chi connectivity index (χ1v) is 5.79. The van der Waals surface area contributed by atoms with Crippen LogP contribution in [0.2, 0.25) is 0 Å². The fourth-order valence-corrected chi connectivity index (χ4v) is 0.533. The molecule has 0 heterocycles. The molecule has 0 amide bonds. The highest BCUT2D eigenvalue weighted by molar-refractivity contribution is 8.38. The average Bonchev–Trinajstić information content (AvgIpc) is 1.86. The molecule has 0 saturated heterocycles. The molecule has 0 aromatic carbocycles. The second kappa shape index (κ2) is 16.1. The molecule has 0 aliphatic rings. The molecule has 0 unspecified atom stereocenters. The van der Waals surface area contributed by atoms with Gasteiger partial charge in [0.25, 0.3) is 0 Å². The van der Waals surface area contributed by atoms with Gasteiger partial charge in [0.1, 0.15) is 0 Å². The van der Waals surface area contributed by atoms with Crippen molar-refractivity contribution >= 4 is 43.2 Å². The Kier molecular flexibility index (Phi) is 23.0. The minimum atomic E-state index is 0.694. The maximum absolute atomic E-state index is 5.38. The zero-order valence-electron chi connectivity index (χ0n) is 5.37. The van der Waals surface area contributed by atoms with E-state index in [0.29, 0.717) is 10.2 Å². The maximum Gasteiger partial charge on any atom is 0.0523 e. The van der Waals surface area contributed by atoms with E-state index >= 15 is 0 Å². The SMILES string of the molecule is CCCCCCl.ClSCl. The van der Waals surface area contributed by atoms with Gasteiger partial charge in [-0.15, -0.1) is 11.6 Å². The number of alkyl halides is 1. The molecule has 0 aromatic rings. The lowest BCUT2D eigenvalue weighted by molar-refractivity contribution is 0.776. The molecule has 0 nitrogen and oxygen atoms in total. The summed E-state index contributed by atoms with van der Waals surface area (Å²) in [6, 6.07) is 0. The zero-order valence-corrected chi connectivity index (χ0v) is 8.45. The monoisotopic (exact) mass is 208 g/mol. The Bertz CT molecular complexity index is 31.4. The van der Waals surface area contributed by atoms with Crippen LogP contribution in [0.25, 0.3) is 0 Å². The highest BCUT2D eigenvalue weighted by atomic mass is 36.0. The van der Waals surface area contributed by atoms with Crippen LogP contribution in [-0.4, -0.2) is 5.88 Å². The lowest BCUT2D eigenvalue weighted by atomic mass is 10.3. The van der Waals surface area contributed by atoms with E-state index in [0.717, 1.165) is 5.88 Å². The molecule has 9 heavy (non-hydrogen) atoms. The smallest absolute Gasteiger partial charge is 0.0523 e. The van der Waals surface area contributed by atoms with E-state index < -0.39 is 0 Å². The summed E-state index contributed by atoms with van der Waals surface area (Å²) in [6.45, 7) is 2.17. The lowest BCUT2D eigenvalue weighted by Gasteiger charge is -1.84. The van der Waals surface area contributed by atoms with E-state index in [-0.39, 0.29) is 0 Å². The first kappa shape index (κ1) is 12.9. The van der Waals surface area contributed by atoms with Crippen LogP contribution < -0.4 is 0 Å². The Labute approximate surface area is 75.2 Å². The minimum Gasteiger partial charge on any atom is -0.127 e. The quantitative estimate of drug-likeness (QED) is 0.489. The van der Waals surface area contributed by atoms with Crippen LogP contribution in [0.4, 0.5) is 0 Å². The van der Waals surface area contributed by atoms with E-state index in [1.807, 2.05) is 0 Å². The number of halogens is 3. The van der Waals surface area contributed by atoms with E-state index in [1.54, 1.807) is 0 Å². The first-order valence-electron chi connectivity index (χ1n) is 2.78. The van der Waals surface area contributed by atoms with E-state index in [9.17, 15) is 0 Å². The molecule has 0 rings (SSSR count). The molecule has 0 aromatic heterocycles. The van der Waals surface area contributed by atoms with Crippen molar-refractivity contribution in [3.8, 4) is 0 Å². The summed E-state index contributed by atoms with van der Waals surface area (Å²) < 4.78 is 0. The Morgan fingerprint density at radius 1 is 1.22 bits per heavy atom. The van der Waals surface area contributed by atoms with Crippen LogP contribution in [-0.2, 0) is 0 Å². The molecule has 0 spiro atoms. The number of hydrogen-bond acceptors (Lipinski definition) is 1. The van der Waals surface area contributed by atoms with Crippen LogP contribution >= 0.6 is 43.2 Å². The minimum absolute atomic E-state index is 0.694. The molecular formula is C5H11Cl3S. The van der Waals surface area contributed by atoms with Gasteiger partial charge in [0.2, 0.25) is 0 Å². The van der Waals surface area contributed by atoms with Gasteiger partial charge in [0.15, 0.2) is 0 Å². The lowest BCUT2D eigenvalue weighted by Crippen LogP contribution is -1.70. The summed E-state index contributed by atoms with van der Waals surface area (Å²) in [5.74, 6) is 0.827. The van der Waals surface area contributed by atoms with Crippen molar-refractivity contribution < 1.29 is 0 Å². The van der Waals surface area contributed by atoms with Crippen molar-refractivity contribution in [2.45, 2.75) is 26.2 Å². The predicted molar refractivity (Wildman–Crippen MR) is 49.5 cm³/mol. The van der Waals surface area contributed by atoms with Gasteiger partial charge in [0.05, 0.1) is 10.2 Å². The van der Waals surface area contributed by atoms with Gasteiger partial charge in [0, 0.05) is 5.88 Å². The molecule has 0 atom stereocenters. The topological polar surface area (TPSA) is 0 Å². The Balaban J connectivity index is 0. The Hall–Kier alpha value is 1.22. The summed E-state index contributed by atoms with van der Waals surface area (Å²) in [6.07, 6.45) is 3.73. The third kappa shape index (κ3) is 27.0. The summed E-state index contributed by atoms with van der Waals surface area (Å²) in [7, 11) is 10.1. The fraction of sp³-hybridized carbons (Fsp3) is 1.00. The van der Waals surface area contributed by atoms with Crippen molar-refractivity contribution in [1.82, 2.24) is 0 Å². The van der Waals surface area contributed by atoms with Crippen LogP contribution in [0.5, 0.6) is 0 Å². The van der Waals surface area contributed by atoms with Gasteiger partial charge >= 0.3 is 0 Å². The third-order valence-corrected chi connectivity index (χ3v) is 1.00. The number of hydrogen-bond donors (Lipinski definition) is 0. The molecule has 0 radical (unpaired) electrons. The maximum atomic E-state index is 5.38. The highest BCUT2D eigenvalue weighted by Gasteiger charge is 1.76. The number of unbranched alkanes of at least 4 members (excludes halogenated alkanes) is 2. The van der Waals surface area contributed by atoms with Gasteiger partial charge in [-0.1, -0.05) is 19.8 Å². The van der Waals surface area contributed by atoms with Crippen molar-refractivity contribution in [2.24, 2.45) is 0 Å². The zero-order chi connectivity index (χ0) is 7.54. The van der Waals surface area contributed by atoms with Crippen molar-refractivity contribution in [1.29, 1.82) is 0 Å². The first-order chi connectivity index (χ1) is 4.33. The van der Waals surface area contributed by atoms with Crippen LogP contribution in [0.15, 0.2) is 0 Å². The average molecular weight is 210 g/mol. The van der Waals surface area contributed by atoms with E-state index in [2.05, 4.69) is 28.3 Å². The summed E-state index contributed by atoms with van der Waals surface area (Å²) in [4.78, 5) is 0. The molecule has 0 aliphatic heterocycles. The Morgan fingerprint density at radius 2 is 1.67 bits per heavy atom. The molecule has 4 heteroatoms. The van der Waals surface area contributed by atoms with Gasteiger partial charge in [-0.3, -0.25) is 0 Å². The van der Waals surface area contributed by atoms with Crippen LogP contribution in [0.3, 0.4) is 0 Å². The van der Waals surface area contributed by atoms with Crippen LogP contribution in [0.1, 0.15) is 26.2 Å². The van der Waals surface area contributed by atoms with E-state index in [1.165, 1.54) is 19.3 Å². The van der Waals surface area contributed by atoms with Crippen molar-refractivity contribution in [2.75, 3.05) is 5.88 Å². The van der Waals surface area contributed by atoms with E-state index in [4.69, 9.17) is 11.6 Å². The second-order valence-electron chi connectivity index (χ2n) is 1.45. The van der Waals surface area contributed by atoms with Gasteiger partial charge in [-0.25, -0.2) is 0 Å². The van der Waals surface area contributed by atoms with Crippen LogP contribution in [0, 0.1) is 0 Å². The molecule has 58 valence electrons. The summed E-state index contributed by atoms with van der Waals surface area (Å²) in [5, 5.41) is 0. The standard InChI is InChI=1S/C5H11Cl.Cl2S/c1-2-3-4-5-6;1-3-2/h2-5H2,1H3;. The van der Waals surface area contributed by atoms with Crippen molar-refractivity contribution in [3.63, 3.8) is 0 Å². The second-order valence-corrected chi connectivity index (χ2v) is 3.35. The molecule has 0 N–H and O–H groups in total. The number of rotatable bonds is 3. The molecule has 0 saturated carbocycles. The molecular weight excluding hydrogens is 198 g/mol.